The monoisotopic (exact) mass is 624 g/mol. The smallest absolute Gasteiger partial charge is 0.207 e. The summed E-state index contributed by atoms with van der Waals surface area (Å²) in [6.07, 6.45) is 8.68. The molecule has 0 amide bonds. The van der Waals surface area contributed by atoms with Gasteiger partial charge in [-0.05, 0) is 76.1 Å². The van der Waals surface area contributed by atoms with Gasteiger partial charge in [-0.15, -0.1) is 0 Å². The van der Waals surface area contributed by atoms with Crippen LogP contribution in [0.4, 0.5) is 0 Å². The molecule has 2 aromatic carbocycles. The number of benzene rings is 2. The van der Waals surface area contributed by atoms with Crippen molar-refractivity contribution in [2.75, 3.05) is 20.1 Å². The highest BCUT2D eigenvalue weighted by atomic mass is 32.2. The zero-order chi connectivity index (χ0) is 32.3. The summed E-state index contributed by atoms with van der Waals surface area (Å²) in [6, 6.07) is 14.4. The van der Waals surface area contributed by atoms with E-state index >= 15 is 0 Å². The first-order valence-electron chi connectivity index (χ1n) is 16.2. The summed E-state index contributed by atoms with van der Waals surface area (Å²) in [5.41, 5.74) is 2.16. The number of aryl methyl sites for hydroxylation is 2. The van der Waals surface area contributed by atoms with Gasteiger partial charge >= 0.3 is 0 Å². The van der Waals surface area contributed by atoms with E-state index in [4.69, 9.17) is 0 Å². The van der Waals surface area contributed by atoms with E-state index in [0.717, 1.165) is 43.2 Å². The molecule has 0 radical (unpaired) electrons. The summed E-state index contributed by atoms with van der Waals surface area (Å²) in [5.74, 6) is 0.580. The normalized spacial score (nSPS) is 15.1. The van der Waals surface area contributed by atoms with E-state index in [0.29, 0.717) is 28.8 Å². The highest BCUT2D eigenvalue weighted by Crippen LogP contribution is 2.32. The first kappa shape index (κ1) is 40.3. The van der Waals surface area contributed by atoms with E-state index in [9.17, 15) is 16.8 Å². The molecule has 6 nitrogen and oxygen atoms in total. The van der Waals surface area contributed by atoms with Crippen LogP contribution in [-0.2, 0) is 20.0 Å². The molecule has 0 unspecified atom stereocenters. The van der Waals surface area contributed by atoms with Crippen molar-refractivity contribution >= 4 is 20.0 Å². The topological polar surface area (TPSA) is 74.8 Å². The third kappa shape index (κ3) is 12.9. The van der Waals surface area contributed by atoms with Crippen LogP contribution in [0.15, 0.2) is 58.3 Å². The third-order valence-electron chi connectivity index (χ3n) is 7.08. The van der Waals surface area contributed by atoms with Crippen molar-refractivity contribution < 1.29 is 16.8 Å². The molecule has 8 heteroatoms. The van der Waals surface area contributed by atoms with Crippen molar-refractivity contribution in [3.63, 3.8) is 0 Å². The summed E-state index contributed by atoms with van der Waals surface area (Å²) in [6.45, 7) is 19.2. The Labute approximate surface area is 260 Å². The molecular formula is C34H60N2O4S2. The lowest BCUT2D eigenvalue weighted by Crippen LogP contribution is -2.38. The summed E-state index contributed by atoms with van der Waals surface area (Å²) in [7, 11) is -4.91. The quantitative estimate of drug-likeness (QED) is 0.279. The molecule has 4 rings (SSSR count). The van der Waals surface area contributed by atoms with Gasteiger partial charge in [0.05, 0.1) is 9.79 Å². The molecule has 0 spiro atoms. The average molecular weight is 625 g/mol. The van der Waals surface area contributed by atoms with Gasteiger partial charge in [0.1, 0.15) is 0 Å². The maximum atomic E-state index is 12.5. The van der Waals surface area contributed by atoms with Gasteiger partial charge in [0.2, 0.25) is 20.0 Å². The summed E-state index contributed by atoms with van der Waals surface area (Å²) in [4.78, 5) is 0.823. The van der Waals surface area contributed by atoms with Crippen LogP contribution in [0.1, 0.15) is 111 Å². The summed E-state index contributed by atoms with van der Waals surface area (Å²) < 4.78 is 53.2. The van der Waals surface area contributed by atoms with E-state index < -0.39 is 20.0 Å². The lowest BCUT2D eigenvalue weighted by Gasteiger charge is -2.30. The number of nitrogens with zero attached hydrogens (tertiary/aromatic N) is 2. The first-order chi connectivity index (χ1) is 20.1. The van der Waals surface area contributed by atoms with Gasteiger partial charge in [-0.3, -0.25) is 0 Å². The molecule has 0 bridgehead atoms. The van der Waals surface area contributed by atoms with Gasteiger partial charge in [-0.1, -0.05) is 103 Å². The Morgan fingerprint density at radius 1 is 0.643 bits per heavy atom. The van der Waals surface area contributed by atoms with Gasteiger partial charge in [0, 0.05) is 26.2 Å². The molecule has 2 aliphatic carbocycles. The largest absolute Gasteiger partial charge is 0.243 e. The molecule has 2 aromatic rings. The van der Waals surface area contributed by atoms with Gasteiger partial charge in [0.15, 0.2) is 0 Å². The van der Waals surface area contributed by atoms with Crippen molar-refractivity contribution in [1.82, 2.24) is 8.61 Å². The second kappa shape index (κ2) is 21.0. The first-order valence-corrected chi connectivity index (χ1v) is 19.0. The van der Waals surface area contributed by atoms with E-state index in [1.165, 1.54) is 19.3 Å². The Morgan fingerprint density at radius 3 is 1.43 bits per heavy atom. The molecule has 0 atom stereocenters. The zero-order valence-corrected chi connectivity index (χ0v) is 29.8. The van der Waals surface area contributed by atoms with Crippen molar-refractivity contribution in [3.05, 3.63) is 59.7 Å². The fourth-order valence-electron chi connectivity index (χ4n) is 4.52. The molecule has 2 fully saturated rings. The lowest BCUT2D eigenvalue weighted by molar-refractivity contribution is 0.286. The minimum atomic E-state index is -3.32. The average Bonchev–Trinajstić information content (AvgIpc) is 3.85. The Balaban J connectivity index is 0.000000680. The molecule has 0 N–H and O–H groups in total. The van der Waals surface area contributed by atoms with Crippen LogP contribution in [-0.4, -0.2) is 51.6 Å². The number of hydrogen-bond donors (Lipinski definition) is 0. The van der Waals surface area contributed by atoms with E-state index in [-0.39, 0.29) is 6.04 Å². The molecule has 0 heterocycles. The van der Waals surface area contributed by atoms with Gasteiger partial charge < -0.3 is 0 Å². The van der Waals surface area contributed by atoms with Crippen LogP contribution in [0, 0.1) is 19.8 Å². The SMILES string of the molecule is CC.CC.CC.CCCN(CC1CC1)S(=O)(=O)c1ccc(C)cc1.Cc1ccc(S(=O)(=O)N(C)C2CCCCC2)cc1. The standard InChI is InChI=1S/2C14H21NO2S.3C2H6/c1-12-8-10-14(11-9-12)18(16,17)15(2)13-6-4-3-5-7-13;1-3-10-15(11-13-6-7-13)18(16,17)14-8-4-12(2)5-9-14;3*1-2/h8-11,13H,3-7H2,1-2H3;4-5,8-9,13H,3,6-7,10-11H2,1-2H3;3*1-2H3. The van der Waals surface area contributed by atoms with E-state index in [2.05, 4.69) is 0 Å². The van der Waals surface area contributed by atoms with Crippen molar-refractivity contribution in [2.24, 2.45) is 5.92 Å². The summed E-state index contributed by atoms with van der Waals surface area (Å²) in [5, 5.41) is 0. The van der Waals surface area contributed by atoms with Crippen LogP contribution >= 0.6 is 0 Å². The van der Waals surface area contributed by atoms with Crippen LogP contribution in [0.25, 0.3) is 0 Å². The predicted octanol–water partition coefficient (Wildman–Crippen LogP) is 8.83. The molecule has 42 heavy (non-hydrogen) atoms. The minimum Gasteiger partial charge on any atom is -0.207 e. The second-order valence-electron chi connectivity index (χ2n) is 10.2. The minimum absolute atomic E-state index is 0.171. The molecule has 2 saturated carbocycles. The van der Waals surface area contributed by atoms with Crippen LogP contribution in [0.2, 0.25) is 0 Å². The van der Waals surface area contributed by atoms with Crippen LogP contribution in [0.5, 0.6) is 0 Å². The maximum Gasteiger partial charge on any atom is 0.243 e. The predicted molar refractivity (Wildman–Crippen MR) is 180 cm³/mol. The number of hydrogen-bond acceptors (Lipinski definition) is 4. The van der Waals surface area contributed by atoms with Gasteiger partial charge in [-0.2, -0.15) is 8.61 Å². The number of rotatable bonds is 9. The Kier molecular flexibility index (Phi) is 20.2. The highest BCUT2D eigenvalue weighted by Gasteiger charge is 2.31. The maximum absolute atomic E-state index is 12.5. The van der Waals surface area contributed by atoms with Crippen molar-refractivity contribution in [2.45, 2.75) is 130 Å². The second-order valence-corrected chi connectivity index (χ2v) is 14.2. The van der Waals surface area contributed by atoms with Gasteiger partial charge in [-0.25, -0.2) is 16.8 Å². The molecule has 0 saturated heterocycles. The lowest BCUT2D eigenvalue weighted by atomic mass is 9.96. The van der Waals surface area contributed by atoms with Crippen molar-refractivity contribution in [1.29, 1.82) is 0 Å². The van der Waals surface area contributed by atoms with Crippen LogP contribution in [0.3, 0.4) is 0 Å². The molecule has 0 aromatic heterocycles. The molecule has 2 aliphatic rings. The van der Waals surface area contributed by atoms with E-state index in [1.54, 1.807) is 39.9 Å². The zero-order valence-electron chi connectivity index (χ0n) is 28.2. The molecular weight excluding hydrogens is 565 g/mol. The summed E-state index contributed by atoms with van der Waals surface area (Å²) >= 11 is 0. The molecule has 242 valence electrons. The highest BCUT2D eigenvalue weighted by molar-refractivity contribution is 7.89. The Hall–Kier alpha value is -1.74. The van der Waals surface area contributed by atoms with E-state index in [1.807, 2.05) is 86.6 Å². The Morgan fingerprint density at radius 2 is 1.05 bits per heavy atom. The van der Waals surface area contributed by atoms with Gasteiger partial charge in [0.25, 0.3) is 0 Å². The third-order valence-corrected chi connectivity index (χ3v) is 10.9. The Bertz CT molecular complexity index is 1170. The number of sulfonamides is 2. The van der Waals surface area contributed by atoms with Crippen molar-refractivity contribution in [3.8, 4) is 0 Å². The van der Waals surface area contributed by atoms with Crippen LogP contribution < -0.4 is 0 Å². The fraction of sp³-hybridized carbons (Fsp3) is 0.647. The molecule has 0 aliphatic heterocycles. The fourth-order valence-corrected chi connectivity index (χ4v) is 7.55.